The van der Waals surface area contributed by atoms with Crippen molar-refractivity contribution >= 4 is 34.0 Å². The first kappa shape index (κ1) is 24.2. The third-order valence-corrected chi connectivity index (χ3v) is 8.44. The van der Waals surface area contributed by atoms with E-state index in [-0.39, 0.29) is 35.4 Å². The molecule has 1 atom stereocenters. The molecule has 176 valence electrons. The molecule has 2 heterocycles. The number of halogens is 2. The number of nitrogens with zero attached hydrogens (tertiary/aromatic N) is 2. The Morgan fingerprint density at radius 3 is 2.61 bits per heavy atom. The summed E-state index contributed by atoms with van der Waals surface area (Å²) >= 11 is 6.15. The first-order valence-electron chi connectivity index (χ1n) is 11.0. The summed E-state index contributed by atoms with van der Waals surface area (Å²) in [7, 11) is -1.90. The zero-order valence-electron chi connectivity index (χ0n) is 18.4. The fraction of sp³-hybridized carbons (Fsp3) is 0.375. The minimum absolute atomic E-state index is 0. The number of hydrogen-bond donors (Lipinski definition) is 2. The van der Waals surface area contributed by atoms with Gasteiger partial charge in [0.25, 0.3) is 10.0 Å². The highest BCUT2D eigenvalue weighted by molar-refractivity contribution is 7.89. The summed E-state index contributed by atoms with van der Waals surface area (Å²) in [4.78, 5) is 3.97. The Kier molecular flexibility index (Phi) is 6.90. The number of aryl methyl sites for hydroxylation is 1. The number of hydrogen-bond acceptors (Lipinski definition) is 4. The van der Waals surface area contributed by atoms with Crippen LogP contribution in [0.2, 0.25) is 5.02 Å². The van der Waals surface area contributed by atoms with Gasteiger partial charge in [-0.1, -0.05) is 48.4 Å². The largest absolute Gasteiger partial charge is 0.339 e. The number of aromatic nitrogens is 2. The second kappa shape index (κ2) is 9.39. The fourth-order valence-corrected chi connectivity index (χ4v) is 6.19. The summed E-state index contributed by atoms with van der Waals surface area (Å²) in [5, 5.41) is 4.56. The monoisotopic (exact) mass is 506 g/mol. The molecular weight excluding hydrogens is 479 g/mol. The van der Waals surface area contributed by atoms with Gasteiger partial charge < -0.3 is 9.88 Å². The summed E-state index contributed by atoms with van der Waals surface area (Å²) in [6, 6.07) is 14.8. The fourth-order valence-electron chi connectivity index (χ4n) is 5.07. The minimum Gasteiger partial charge on any atom is -0.339 e. The van der Waals surface area contributed by atoms with Crippen LogP contribution >= 0.6 is 24.0 Å². The van der Waals surface area contributed by atoms with E-state index in [4.69, 9.17) is 11.6 Å². The zero-order valence-corrected chi connectivity index (χ0v) is 20.8. The second-order valence-corrected chi connectivity index (χ2v) is 11.0. The third kappa shape index (κ3) is 4.57. The topological polar surface area (TPSA) is 76.0 Å². The minimum atomic E-state index is -3.65. The van der Waals surface area contributed by atoms with Crippen molar-refractivity contribution in [3.63, 3.8) is 0 Å². The lowest BCUT2D eigenvalue weighted by molar-refractivity contribution is 0.164. The van der Waals surface area contributed by atoms with Crippen LogP contribution in [0.4, 0.5) is 0 Å². The maximum Gasteiger partial charge on any atom is 0.259 e. The molecule has 0 radical (unpaired) electrons. The maximum atomic E-state index is 12.6. The van der Waals surface area contributed by atoms with Gasteiger partial charge in [0.1, 0.15) is 0 Å². The molecule has 5 rings (SSSR count). The summed E-state index contributed by atoms with van der Waals surface area (Å²) in [6.45, 7) is 1.17. The average molecular weight is 507 g/mol. The van der Waals surface area contributed by atoms with E-state index in [1.165, 1.54) is 35.6 Å². The van der Waals surface area contributed by atoms with Crippen LogP contribution in [0.5, 0.6) is 0 Å². The molecule has 0 bridgehead atoms. The molecule has 6 nitrogen and oxygen atoms in total. The summed E-state index contributed by atoms with van der Waals surface area (Å²) in [6.07, 6.45) is 7.42. The first-order chi connectivity index (χ1) is 15.4. The SMILES string of the molecule is Cl.Cn1cnc(S(=O)(=O)NCc2ccc3c(c2)C(C2(c4ccc(Cl)cc4)CCC2)NCC3)c1. The Bertz CT molecular complexity index is 1240. The van der Waals surface area contributed by atoms with Gasteiger partial charge >= 0.3 is 0 Å². The van der Waals surface area contributed by atoms with Crippen LogP contribution in [-0.4, -0.2) is 24.5 Å². The molecule has 1 unspecified atom stereocenters. The Morgan fingerprint density at radius 1 is 1.21 bits per heavy atom. The van der Waals surface area contributed by atoms with Gasteiger partial charge in [-0.3, -0.25) is 0 Å². The van der Waals surface area contributed by atoms with E-state index in [0.717, 1.165) is 36.4 Å². The molecule has 9 heteroatoms. The predicted molar refractivity (Wildman–Crippen MR) is 132 cm³/mol. The van der Waals surface area contributed by atoms with E-state index in [9.17, 15) is 8.42 Å². The normalized spacial score (nSPS) is 19.3. The molecule has 1 aliphatic carbocycles. The van der Waals surface area contributed by atoms with Gasteiger partial charge in [-0.15, -0.1) is 12.4 Å². The highest BCUT2D eigenvalue weighted by Crippen LogP contribution is 2.53. The van der Waals surface area contributed by atoms with Gasteiger partial charge in [-0.25, -0.2) is 18.1 Å². The van der Waals surface area contributed by atoms with Crippen LogP contribution in [0.15, 0.2) is 60.0 Å². The second-order valence-electron chi connectivity index (χ2n) is 8.89. The van der Waals surface area contributed by atoms with Crippen LogP contribution in [-0.2, 0) is 35.5 Å². The number of rotatable bonds is 6. The molecule has 33 heavy (non-hydrogen) atoms. The van der Waals surface area contributed by atoms with E-state index >= 15 is 0 Å². The van der Waals surface area contributed by atoms with Crippen LogP contribution < -0.4 is 10.0 Å². The van der Waals surface area contributed by atoms with Crippen LogP contribution in [0.3, 0.4) is 0 Å². The molecule has 0 saturated heterocycles. The molecule has 3 aromatic rings. The standard InChI is InChI=1S/C24H27ClN4O2S.ClH/c1-29-15-22(27-16-29)32(30,31)28-14-17-3-4-18-9-12-26-23(21(18)13-17)24(10-2-11-24)19-5-7-20(25)8-6-19;/h3-8,13,15-16,23,26,28H,2,9-12,14H2,1H3;1H. The lowest BCUT2D eigenvalue weighted by Gasteiger charge is -2.50. The molecule has 2 N–H and O–H groups in total. The zero-order chi connectivity index (χ0) is 22.3. The van der Waals surface area contributed by atoms with E-state index < -0.39 is 10.0 Å². The summed E-state index contributed by atoms with van der Waals surface area (Å²) in [5.41, 5.74) is 4.93. The van der Waals surface area contributed by atoms with Gasteiger partial charge in [-0.2, -0.15) is 0 Å². The van der Waals surface area contributed by atoms with Crippen LogP contribution in [0.25, 0.3) is 0 Å². The molecule has 2 aliphatic rings. The van der Waals surface area contributed by atoms with Crippen molar-refractivity contribution in [1.82, 2.24) is 19.6 Å². The Hall–Kier alpha value is -1.90. The quantitative estimate of drug-likeness (QED) is 0.522. The van der Waals surface area contributed by atoms with Crippen molar-refractivity contribution < 1.29 is 8.42 Å². The predicted octanol–water partition coefficient (Wildman–Crippen LogP) is 4.28. The highest BCUT2D eigenvalue weighted by atomic mass is 35.5. The molecular formula is C24H28Cl2N4O2S. The molecule has 0 amide bonds. The lowest BCUT2D eigenvalue weighted by atomic mass is 9.58. The van der Waals surface area contributed by atoms with E-state index in [2.05, 4.69) is 39.3 Å². The van der Waals surface area contributed by atoms with Crippen LogP contribution in [0.1, 0.15) is 47.6 Å². The van der Waals surface area contributed by atoms with Crippen molar-refractivity contribution in [2.45, 2.75) is 48.7 Å². The first-order valence-corrected chi connectivity index (χ1v) is 12.8. The van der Waals surface area contributed by atoms with Gasteiger partial charge in [0.2, 0.25) is 0 Å². The summed E-state index contributed by atoms with van der Waals surface area (Å²) in [5.74, 6) is 0. The van der Waals surface area contributed by atoms with E-state index in [0.29, 0.717) is 0 Å². The van der Waals surface area contributed by atoms with Crippen molar-refractivity contribution in [1.29, 1.82) is 0 Å². The number of sulfonamides is 1. The Balaban J connectivity index is 0.00000259. The smallest absolute Gasteiger partial charge is 0.259 e. The van der Waals surface area contributed by atoms with Crippen molar-refractivity contribution in [2.75, 3.05) is 6.54 Å². The maximum absolute atomic E-state index is 12.6. The molecule has 1 saturated carbocycles. The molecule has 1 fully saturated rings. The van der Waals surface area contributed by atoms with E-state index in [1.807, 2.05) is 18.2 Å². The van der Waals surface area contributed by atoms with Crippen LogP contribution in [0, 0.1) is 0 Å². The van der Waals surface area contributed by atoms with E-state index in [1.54, 1.807) is 11.6 Å². The molecule has 1 aliphatic heterocycles. The Labute approximate surface area is 206 Å². The van der Waals surface area contributed by atoms with Gasteiger partial charge in [0.05, 0.1) is 6.33 Å². The molecule has 2 aromatic carbocycles. The number of nitrogens with one attached hydrogen (secondary N) is 2. The van der Waals surface area contributed by atoms with Gasteiger partial charge in [-0.05, 0) is 60.2 Å². The highest BCUT2D eigenvalue weighted by Gasteiger charge is 2.47. The average Bonchev–Trinajstić information content (AvgIpc) is 3.20. The number of imidazole rings is 1. The van der Waals surface area contributed by atoms with Gasteiger partial charge in [0.15, 0.2) is 5.03 Å². The lowest BCUT2D eigenvalue weighted by Crippen LogP contribution is -2.49. The molecule has 1 aromatic heterocycles. The number of benzene rings is 2. The third-order valence-electron chi connectivity index (χ3n) is 6.90. The number of fused-ring (bicyclic) bond motifs is 1. The van der Waals surface area contributed by atoms with Crippen molar-refractivity contribution in [2.24, 2.45) is 7.05 Å². The Morgan fingerprint density at radius 2 is 1.97 bits per heavy atom. The summed E-state index contributed by atoms with van der Waals surface area (Å²) < 4.78 is 29.5. The van der Waals surface area contributed by atoms with Gasteiger partial charge in [0, 0.05) is 36.3 Å². The van der Waals surface area contributed by atoms with Crippen molar-refractivity contribution in [3.8, 4) is 0 Å². The molecule has 0 spiro atoms. The van der Waals surface area contributed by atoms with Crippen molar-refractivity contribution in [3.05, 3.63) is 82.3 Å².